The summed E-state index contributed by atoms with van der Waals surface area (Å²) in [4.78, 5) is 12.5. The number of nitrogens with one attached hydrogen (secondary N) is 1. The molecule has 7 heteroatoms. The fraction of sp³-hybridized carbons (Fsp3) is 0.550. The van der Waals surface area contributed by atoms with Gasteiger partial charge in [-0.3, -0.25) is 4.79 Å². The van der Waals surface area contributed by atoms with Gasteiger partial charge in [0.2, 0.25) is 5.91 Å². The molecule has 0 radical (unpaired) electrons. The zero-order valence-corrected chi connectivity index (χ0v) is 16.5. The predicted octanol–water partition coefficient (Wildman–Crippen LogP) is 2.98. The van der Waals surface area contributed by atoms with Gasteiger partial charge in [0.1, 0.15) is 5.82 Å². The van der Waals surface area contributed by atoms with E-state index in [2.05, 4.69) is 32.2 Å². The van der Waals surface area contributed by atoms with E-state index in [1.54, 1.807) is 0 Å². The highest BCUT2D eigenvalue weighted by Gasteiger charge is 2.31. The molecule has 2 fully saturated rings. The van der Waals surface area contributed by atoms with Crippen LogP contribution in [0.2, 0.25) is 0 Å². The molecule has 2 heterocycles. The summed E-state index contributed by atoms with van der Waals surface area (Å²) in [5.41, 5.74) is 1.22. The molecule has 1 aromatic heterocycles. The number of amides is 1. The Balaban J connectivity index is 1.42. The van der Waals surface area contributed by atoms with Gasteiger partial charge in [0.05, 0.1) is 17.9 Å². The van der Waals surface area contributed by atoms with Crippen molar-refractivity contribution in [1.29, 1.82) is 0 Å². The molecule has 1 N–H and O–H groups in total. The van der Waals surface area contributed by atoms with Crippen molar-refractivity contribution in [3.8, 4) is 0 Å². The zero-order valence-electron chi connectivity index (χ0n) is 15.6. The van der Waals surface area contributed by atoms with E-state index in [0.717, 1.165) is 37.0 Å². The highest BCUT2D eigenvalue weighted by molar-refractivity contribution is 8.00. The number of aromatic nitrogens is 3. The molecule has 2 atom stereocenters. The van der Waals surface area contributed by atoms with E-state index in [-0.39, 0.29) is 17.3 Å². The number of hydrogen-bond donors (Lipinski definition) is 1. The zero-order chi connectivity index (χ0) is 18.6. The van der Waals surface area contributed by atoms with E-state index in [0.29, 0.717) is 12.5 Å². The molecule has 4 rings (SSSR count). The third-order valence-electron chi connectivity index (χ3n) is 5.05. The summed E-state index contributed by atoms with van der Waals surface area (Å²) in [6, 6.07) is 10.3. The summed E-state index contributed by atoms with van der Waals surface area (Å²) < 4.78 is 7.76. The van der Waals surface area contributed by atoms with Gasteiger partial charge < -0.3 is 14.6 Å². The van der Waals surface area contributed by atoms with Gasteiger partial charge in [0, 0.05) is 19.1 Å². The van der Waals surface area contributed by atoms with E-state index in [1.165, 1.54) is 30.2 Å². The first-order chi connectivity index (χ1) is 13.2. The number of carbonyl (C=O) groups is 1. The number of benzene rings is 1. The molecule has 1 saturated carbocycles. The Labute approximate surface area is 164 Å². The molecule has 2 aromatic rings. The fourth-order valence-electron chi connectivity index (χ4n) is 3.32. The second-order valence-corrected chi connectivity index (χ2v) is 8.64. The lowest BCUT2D eigenvalue weighted by atomic mass is 10.2. The molecule has 1 aliphatic carbocycles. The van der Waals surface area contributed by atoms with Crippen LogP contribution in [0.4, 0.5) is 0 Å². The van der Waals surface area contributed by atoms with Gasteiger partial charge in [0.15, 0.2) is 5.16 Å². The molecule has 0 unspecified atom stereocenters. The maximum Gasteiger partial charge on any atom is 0.233 e. The molecule has 1 aromatic carbocycles. The first-order valence-corrected chi connectivity index (χ1v) is 10.6. The Bertz CT molecular complexity index is 770. The van der Waals surface area contributed by atoms with Crippen molar-refractivity contribution in [2.45, 2.75) is 61.6 Å². The molecule has 144 valence electrons. The van der Waals surface area contributed by atoms with Crippen molar-refractivity contribution in [2.75, 3.05) is 13.2 Å². The van der Waals surface area contributed by atoms with Crippen LogP contribution in [0.25, 0.3) is 0 Å². The number of carbonyl (C=O) groups excluding carboxylic acids is 1. The van der Waals surface area contributed by atoms with Crippen molar-refractivity contribution >= 4 is 17.7 Å². The summed E-state index contributed by atoms with van der Waals surface area (Å²) in [5.74, 6) is 1.59. The van der Waals surface area contributed by atoms with Crippen LogP contribution in [-0.4, -0.2) is 45.2 Å². The molecule has 1 saturated heterocycles. The molecule has 0 bridgehead atoms. The Kier molecular flexibility index (Phi) is 5.78. The second-order valence-electron chi connectivity index (χ2n) is 7.33. The van der Waals surface area contributed by atoms with Gasteiger partial charge in [-0.1, -0.05) is 42.1 Å². The van der Waals surface area contributed by atoms with Crippen molar-refractivity contribution in [3.05, 3.63) is 41.7 Å². The SMILES string of the molecule is C[C@@H](Sc1nnc(C2CC2)n1Cc1ccccc1)C(=O)NC[C@H]1CCCO1. The van der Waals surface area contributed by atoms with Crippen LogP contribution in [0.3, 0.4) is 0 Å². The van der Waals surface area contributed by atoms with Crippen LogP contribution in [0.5, 0.6) is 0 Å². The minimum absolute atomic E-state index is 0.0257. The van der Waals surface area contributed by atoms with E-state index < -0.39 is 0 Å². The quantitative estimate of drug-likeness (QED) is 0.707. The Morgan fingerprint density at radius 2 is 2.11 bits per heavy atom. The lowest BCUT2D eigenvalue weighted by Crippen LogP contribution is -2.36. The molecule has 27 heavy (non-hydrogen) atoms. The molecule has 6 nitrogen and oxygen atoms in total. The standard InChI is InChI=1S/C20H26N4O2S/c1-14(19(25)21-12-17-8-5-11-26-17)27-20-23-22-18(16-9-10-16)24(20)13-15-6-3-2-4-7-15/h2-4,6-7,14,16-17H,5,8-13H2,1H3,(H,21,25)/t14-,17-/m1/s1. The third-order valence-corrected chi connectivity index (χ3v) is 6.13. The molecular formula is C20H26N4O2S. The minimum Gasteiger partial charge on any atom is -0.376 e. The largest absolute Gasteiger partial charge is 0.376 e. The summed E-state index contributed by atoms with van der Waals surface area (Å²) in [6.45, 7) is 4.06. The van der Waals surface area contributed by atoms with Gasteiger partial charge in [-0.2, -0.15) is 0 Å². The molecule has 0 spiro atoms. The van der Waals surface area contributed by atoms with E-state index in [4.69, 9.17) is 4.74 Å². The van der Waals surface area contributed by atoms with Crippen LogP contribution in [0.15, 0.2) is 35.5 Å². The second kappa shape index (κ2) is 8.44. The van der Waals surface area contributed by atoms with Crippen molar-refractivity contribution in [1.82, 2.24) is 20.1 Å². The average molecular weight is 387 g/mol. The van der Waals surface area contributed by atoms with Crippen LogP contribution in [-0.2, 0) is 16.1 Å². The lowest BCUT2D eigenvalue weighted by Gasteiger charge is -2.15. The van der Waals surface area contributed by atoms with Crippen molar-refractivity contribution in [3.63, 3.8) is 0 Å². The topological polar surface area (TPSA) is 69.0 Å². The normalized spacial score (nSPS) is 20.6. The number of ether oxygens (including phenoxy) is 1. The molecule has 1 aliphatic heterocycles. The molecular weight excluding hydrogens is 360 g/mol. The summed E-state index contributed by atoms with van der Waals surface area (Å²) in [5, 5.41) is 12.4. The van der Waals surface area contributed by atoms with Gasteiger partial charge in [-0.05, 0) is 38.2 Å². The van der Waals surface area contributed by atoms with Crippen LogP contribution < -0.4 is 5.32 Å². The van der Waals surface area contributed by atoms with Crippen LogP contribution in [0.1, 0.15) is 49.9 Å². The highest BCUT2D eigenvalue weighted by atomic mass is 32.2. The average Bonchev–Trinajstić information content (AvgIpc) is 3.25. The van der Waals surface area contributed by atoms with Crippen LogP contribution in [0, 0.1) is 0 Å². The Hall–Kier alpha value is -1.86. The van der Waals surface area contributed by atoms with Gasteiger partial charge in [-0.25, -0.2) is 0 Å². The lowest BCUT2D eigenvalue weighted by molar-refractivity contribution is -0.120. The van der Waals surface area contributed by atoms with E-state index >= 15 is 0 Å². The number of thioether (sulfide) groups is 1. The van der Waals surface area contributed by atoms with Gasteiger partial charge in [-0.15, -0.1) is 10.2 Å². The molecule has 1 amide bonds. The number of rotatable bonds is 8. The maximum absolute atomic E-state index is 12.5. The van der Waals surface area contributed by atoms with Crippen molar-refractivity contribution in [2.24, 2.45) is 0 Å². The van der Waals surface area contributed by atoms with Crippen LogP contribution >= 0.6 is 11.8 Å². The number of nitrogens with zero attached hydrogens (tertiary/aromatic N) is 3. The predicted molar refractivity (Wildman–Crippen MR) is 105 cm³/mol. The first-order valence-electron chi connectivity index (χ1n) is 9.73. The first kappa shape index (κ1) is 18.5. The van der Waals surface area contributed by atoms with Crippen molar-refractivity contribution < 1.29 is 9.53 Å². The van der Waals surface area contributed by atoms with Gasteiger partial charge in [0.25, 0.3) is 0 Å². The Morgan fingerprint density at radius 3 is 2.81 bits per heavy atom. The smallest absolute Gasteiger partial charge is 0.233 e. The number of hydrogen-bond acceptors (Lipinski definition) is 5. The van der Waals surface area contributed by atoms with Gasteiger partial charge >= 0.3 is 0 Å². The molecule has 2 aliphatic rings. The monoisotopic (exact) mass is 386 g/mol. The minimum atomic E-state index is -0.225. The third kappa shape index (κ3) is 4.71. The van der Waals surface area contributed by atoms with E-state index in [1.807, 2.05) is 25.1 Å². The Morgan fingerprint density at radius 1 is 1.30 bits per heavy atom. The summed E-state index contributed by atoms with van der Waals surface area (Å²) in [7, 11) is 0. The maximum atomic E-state index is 12.5. The van der Waals surface area contributed by atoms with E-state index in [9.17, 15) is 4.79 Å². The fourth-order valence-corrected chi connectivity index (χ4v) is 4.20. The summed E-state index contributed by atoms with van der Waals surface area (Å²) in [6.07, 6.45) is 4.62. The highest BCUT2D eigenvalue weighted by Crippen LogP contribution is 2.40. The summed E-state index contributed by atoms with van der Waals surface area (Å²) >= 11 is 1.48.